The van der Waals surface area contributed by atoms with Crippen molar-refractivity contribution in [1.82, 2.24) is 10.3 Å². The molecule has 0 saturated carbocycles. The number of amides is 1. The second-order valence-corrected chi connectivity index (χ2v) is 7.00. The van der Waals surface area contributed by atoms with Crippen LogP contribution < -0.4 is 10.6 Å². The Morgan fingerprint density at radius 1 is 1.58 bits per heavy atom. The molecule has 0 spiro atoms. The van der Waals surface area contributed by atoms with E-state index in [0.717, 1.165) is 0 Å². The van der Waals surface area contributed by atoms with Crippen LogP contribution in [0.25, 0.3) is 0 Å². The van der Waals surface area contributed by atoms with Gasteiger partial charge in [-0.15, -0.1) is 0 Å². The molecular formula is C11H14ClN3O3S. The van der Waals surface area contributed by atoms with Crippen molar-refractivity contribution in [2.45, 2.75) is 12.5 Å². The average Bonchev–Trinajstić information content (AvgIpc) is 2.27. The number of anilines is 1. The fourth-order valence-electron chi connectivity index (χ4n) is 1.91. The Bertz CT molecular complexity index is 576. The number of sulfone groups is 1. The van der Waals surface area contributed by atoms with Crippen molar-refractivity contribution in [3.8, 4) is 0 Å². The zero-order valence-electron chi connectivity index (χ0n) is 10.1. The van der Waals surface area contributed by atoms with Gasteiger partial charge in [0.2, 0.25) is 5.91 Å². The molecule has 1 unspecified atom stereocenters. The Labute approximate surface area is 116 Å². The first kappa shape index (κ1) is 14.2. The highest BCUT2D eigenvalue weighted by molar-refractivity contribution is 7.91. The van der Waals surface area contributed by atoms with E-state index in [9.17, 15) is 13.2 Å². The van der Waals surface area contributed by atoms with E-state index in [1.165, 1.54) is 12.3 Å². The molecule has 1 fully saturated rings. The van der Waals surface area contributed by atoms with Crippen LogP contribution in [0.2, 0.25) is 5.15 Å². The van der Waals surface area contributed by atoms with Gasteiger partial charge in [-0.05, 0) is 12.1 Å². The SMILES string of the molecule is O=C(CC1CS(=O)(=O)CCN1)Nc1ccnc(Cl)c1. The number of carbonyl (C=O) groups is 1. The molecule has 19 heavy (non-hydrogen) atoms. The molecule has 1 aromatic rings. The Kier molecular flexibility index (Phi) is 4.38. The first-order chi connectivity index (χ1) is 8.94. The van der Waals surface area contributed by atoms with Gasteiger partial charge in [-0.3, -0.25) is 4.79 Å². The van der Waals surface area contributed by atoms with Crippen molar-refractivity contribution in [2.24, 2.45) is 0 Å². The standard InChI is InChI=1S/C11H14ClN3O3S/c12-10-5-8(1-2-14-10)15-11(16)6-9-7-19(17,18)4-3-13-9/h1-2,5,9,13H,3-4,6-7H2,(H,14,15,16). The van der Waals surface area contributed by atoms with E-state index in [-0.39, 0.29) is 35.0 Å². The molecule has 8 heteroatoms. The highest BCUT2D eigenvalue weighted by atomic mass is 35.5. The van der Waals surface area contributed by atoms with E-state index in [2.05, 4.69) is 15.6 Å². The summed E-state index contributed by atoms with van der Waals surface area (Å²) in [6.45, 7) is 0.390. The average molecular weight is 304 g/mol. The smallest absolute Gasteiger partial charge is 0.225 e. The van der Waals surface area contributed by atoms with Crippen LogP contribution >= 0.6 is 11.6 Å². The van der Waals surface area contributed by atoms with Crippen LogP contribution in [0.15, 0.2) is 18.3 Å². The molecule has 2 heterocycles. The highest BCUT2D eigenvalue weighted by Crippen LogP contribution is 2.13. The van der Waals surface area contributed by atoms with Gasteiger partial charge in [0.25, 0.3) is 0 Å². The number of halogens is 1. The van der Waals surface area contributed by atoms with Gasteiger partial charge in [-0.25, -0.2) is 13.4 Å². The van der Waals surface area contributed by atoms with Crippen molar-refractivity contribution in [3.63, 3.8) is 0 Å². The molecule has 104 valence electrons. The Balaban J connectivity index is 1.91. The van der Waals surface area contributed by atoms with Crippen molar-refractivity contribution in [3.05, 3.63) is 23.5 Å². The summed E-state index contributed by atoms with van der Waals surface area (Å²) in [6.07, 6.45) is 1.60. The van der Waals surface area contributed by atoms with Gasteiger partial charge in [0, 0.05) is 30.9 Å². The van der Waals surface area contributed by atoms with Crippen molar-refractivity contribution in [1.29, 1.82) is 0 Å². The molecule has 0 radical (unpaired) electrons. The minimum Gasteiger partial charge on any atom is -0.326 e. The van der Waals surface area contributed by atoms with Crippen LogP contribution in [0.3, 0.4) is 0 Å². The first-order valence-electron chi connectivity index (χ1n) is 5.80. The molecule has 1 aromatic heterocycles. The molecule has 1 aliphatic rings. The molecule has 0 aromatic carbocycles. The van der Waals surface area contributed by atoms with E-state index in [0.29, 0.717) is 12.2 Å². The van der Waals surface area contributed by atoms with Crippen LogP contribution in [0.4, 0.5) is 5.69 Å². The normalized spacial score (nSPS) is 21.8. The maximum absolute atomic E-state index is 11.8. The third-order valence-corrected chi connectivity index (χ3v) is 4.69. The molecule has 1 aliphatic heterocycles. The van der Waals surface area contributed by atoms with Crippen LogP contribution in [0, 0.1) is 0 Å². The van der Waals surface area contributed by atoms with E-state index >= 15 is 0 Å². The van der Waals surface area contributed by atoms with Crippen LogP contribution in [0.1, 0.15) is 6.42 Å². The third-order valence-electron chi connectivity index (χ3n) is 2.74. The Morgan fingerprint density at radius 2 is 2.37 bits per heavy atom. The first-order valence-corrected chi connectivity index (χ1v) is 8.00. The van der Waals surface area contributed by atoms with E-state index in [1.807, 2.05) is 0 Å². The number of carbonyl (C=O) groups excluding carboxylic acids is 1. The van der Waals surface area contributed by atoms with E-state index in [1.54, 1.807) is 6.07 Å². The lowest BCUT2D eigenvalue weighted by Gasteiger charge is -2.23. The summed E-state index contributed by atoms with van der Waals surface area (Å²) in [6, 6.07) is 2.82. The number of hydrogen-bond acceptors (Lipinski definition) is 5. The second-order valence-electron chi connectivity index (χ2n) is 4.38. The van der Waals surface area contributed by atoms with Gasteiger partial charge in [0.1, 0.15) is 5.15 Å². The topological polar surface area (TPSA) is 88.2 Å². The maximum Gasteiger partial charge on any atom is 0.225 e. The predicted octanol–water partition coefficient (Wildman–Crippen LogP) is 0.450. The van der Waals surface area contributed by atoms with Crippen LogP contribution in [0.5, 0.6) is 0 Å². The number of aromatic nitrogens is 1. The molecule has 0 aliphatic carbocycles. The number of hydrogen-bond donors (Lipinski definition) is 2. The largest absolute Gasteiger partial charge is 0.326 e. The van der Waals surface area contributed by atoms with Gasteiger partial charge < -0.3 is 10.6 Å². The van der Waals surface area contributed by atoms with Crippen molar-refractivity contribution < 1.29 is 13.2 Å². The van der Waals surface area contributed by atoms with E-state index in [4.69, 9.17) is 11.6 Å². The zero-order chi connectivity index (χ0) is 13.9. The molecule has 2 rings (SSSR count). The van der Waals surface area contributed by atoms with Gasteiger partial charge in [0.05, 0.1) is 11.5 Å². The molecular weight excluding hydrogens is 290 g/mol. The van der Waals surface area contributed by atoms with Gasteiger partial charge in [-0.2, -0.15) is 0 Å². The lowest BCUT2D eigenvalue weighted by molar-refractivity contribution is -0.116. The fourth-order valence-corrected chi connectivity index (χ4v) is 3.53. The number of nitrogens with zero attached hydrogens (tertiary/aromatic N) is 1. The van der Waals surface area contributed by atoms with Gasteiger partial charge in [0.15, 0.2) is 9.84 Å². The molecule has 0 bridgehead atoms. The summed E-state index contributed by atoms with van der Waals surface area (Å²) in [5.41, 5.74) is 0.545. The van der Waals surface area contributed by atoms with Crippen LogP contribution in [-0.4, -0.2) is 43.4 Å². The zero-order valence-corrected chi connectivity index (χ0v) is 11.7. The summed E-state index contributed by atoms with van der Waals surface area (Å²) in [5, 5.41) is 5.97. The Hall–Kier alpha value is -1.18. The lowest BCUT2D eigenvalue weighted by Crippen LogP contribution is -2.46. The molecule has 2 N–H and O–H groups in total. The van der Waals surface area contributed by atoms with Crippen LogP contribution in [-0.2, 0) is 14.6 Å². The quantitative estimate of drug-likeness (QED) is 0.792. The van der Waals surface area contributed by atoms with Gasteiger partial charge in [-0.1, -0.05) is 11.6 Å². The maximum atomic E-state index is 11.8. The molecule has 1 atom stereocenters. The number of pyridine rings is 1. The predicted molar refractivity (Wildman–Crippen MR) is 72.9 cm³/mol. The monoisotopic (exact) mass is 303 g/mol. The lowest BCUT2D eigenvalue weighted by atomic mass is 10.2. The summed E-state index contributed by atoms with van der Waals surface area (Å²) in [7, 11) is -3.03. The third kappa shape index (κ3) is 4.45. The molecule has 1 saturated heterocycles. The molecule has 1 amide bonds. The Morgan fingerprint density at radius 3 is 3.05 bits per heavy atom. The minimum absolute atomic E-state index is 0.00246. The summed E-state index contributed by atoms with van der Waals surface area (Å²) >= 11 is 5.70. The molecule has 6 nitrogen and oxygen atoms in total. The number of nitrogens with one attached hydrogen (secondary N) is 2. The van der Waals surface area contributed by atoms with Crippen molar-refractivity contribution in [2.75, 3.05) is 23.4 Å². The summed E-state index contributed by atoms with van der Waals surface area (Å²) in [5.74, 6) is -0.125. The highest BCUT2D eigenvalue weighted by Gasteiger charge is 2.25. The minimum atomic E-state index is -3.03. The summed E-state index contributed by atoms with van der Waals surface area (Å²) in [4.78, 5) is 15.6. The second kappa shape index (κ2) is 5.85. The van der Waals surface area contributed by atoms with Crippen molar-refractivity contribution >= 4 is 33.0 Å². The fraction of sp³-hybridized carbons (Fsp3) is 0.455. The van der Waals surface area contributed by atoms with E-state index < -0.39 is 9.84 Å². The number of rotatable bonds is 3. The van der Waals surface area contributed by atoms with Gasteiger partial charge >= 0.3 is 0 Å². The summed E-state index contributed by atoms with van der Waals surface area (Å²) < 4.78 is 22.9.